The van der Waals surface area contributed by atoms with Gasteiger partial charge in [0.1, 0.15) is 5.69 Å². The topological polar surface area (TPSA) is 74.4 Å². The van der Waals surface area contributed by atoms with Crippen LogP contribution in [0.5, 0.6) is 0 Å². The molecule has 0 radical (unpaired) electrons. The third-order valence-electron chi connectivity index (χ3n) is 3.95. The molecule has 2 heterocycles. The van der Waals surface area contributed by atoms with E-state index in [1.54, 1.807) is 19.2 Å². The highest BCUT2D eigenvalue weighted by atomic mass is 16.5. The first-order valence-electron chi connectivity index (χ1n) is 7.91. The van der Waals surface area contributed by atoms with Crippen LogP contribution < -0.4 is 5.32 Å². The summed E-state index contributed by atoms with van der Waals surface area (Å²) in [5, 5.41) is 2.84. The number of likely N-dealkylation sites (tertiary alicyclic amines) is 1. The number of ether oxygens (including phenoxy) is 1. The number of esters is 1. The number of hydrogen-bond acceptors (Lipinski definition) is 3. The molecule has 2 amide bonds. The Hall–Kier alpha value is -1.98. The van der Waals surface area contributed by atoms with Crippen LogP contribution in [-0.4, -0.2) is 41.6 Å². The Bertz CT molecular complexity index is 526. The van der Waals surface area contributed by atoms with Gasteiger partial charge in [-0.3, -0.25) is 0 Å². The molecule has 6 heteroatoms. The molecule has 1 saturated heterocycles. The number of aromatic nitrogens is 1. The Balaban J connectivity index is 1.95. The SMILES string of the molecule is CCOC(=O)c1cc(NC(=O)N2CC[C@H](C)C[C@@H](C)C2)c[nH]1. The molecule has 1 aromatic rings. The zero-order valence-electron chi connectivity index (χ0n) is 13.5. The average molecular weight is 307 g/mol. The van der Waals surface area contributed by atoms with Gasteiger partial charge in [-0.25, -0.2) is 9.59 Å². The van der Waals surface area contributed by atoms with E-state index in [-0.39, 0.29) is 6.03 Å². The first-order chi connectivity index (χ1) is 10.5. The molecule has 0 spiro atoms. The van der Waals surface area contributed by atoms with Crippen LogP contribution in [0.1, 0.15) is 44.1 Å². The summed E-state index contributed by atoms with van der Waals surface area (Å²) < 4.78 is 4.91. The van der Waals surface area contributed by atoms with Crippen molar-refractivity contribution in [1.29, 1.82) is 0 Å². The predicted octanol–water partition coefficient (Wildman–Crippen LogP) is 3.09. The van der Waals surface area contributed by atoms with Crippen molar-refractivity contribution in [3.05, 3.63) is 18.0 Å². The number of aromatic amines is 1. The summed E-state index contributed by atoms with van der Waals surface area (Å²) in [6.07, 6.45) is 3.79. The molecule has 122 valence electrons. The van der Waals surface area contributed by atoms with Crippen LogP contribution in [0, 0.1) is 11.8 Å². The lowest BCUT2D eigenvalue weighted by Gasteiger charge is -2.22. The number of urea groups is 1. The molecular formula is C16H25N3O3. The van der Waals surface area contributed by atoms with Crippen molar-refractivity contribution in [2.75, 3.05) is 25.0 Å². The minimum atomic E-state index is -0.416. The number of carbonyl (C=O) groups is 2. The summed E-state index contributed by atoms with van der Waals surface area (Å²) in [5.41, 5.74) is 0.924. The Morgan fingerprint density at radius 1 is 1.41 bits per heavy atom. The molecule has 0 aliphatic carbocycles. The summed E-state index contributed by atoms with van der Waals surface area (Å²) >= 11 is 0. The van der Waals surface area contributed by atoms with Gasteiger partial charge in [0.05, 0.1) is 12.3 Å². The number of nitrogens with one attached hydrogen (secondary N) is 2. The van der Waals surface area contributed by atoms with Crippen molar-refractivity contribution in [3.63, 3.8) is 0 Å². The molecule has 0 saturated carbocycles. The highest BCUT2D eigenvalue weighted by Crippen LogP contribution is 2.22. The largest absolute Gasteiger partial charge is 0.461 e. The zero-order chi connectivity index (χ0) is 16.1. The van der Waals surface area contributed by atoms with Crippen LogP contribution in [0.3, 0.4) is 0 Å². The van der Waals surface area contributed by atoms with Gasteiger partial charge >= 0.3 is 12.0 Å². The van der Waals surface area contributed by atoms with Crippen molar-refractivity contribution in [2.45, 2.75) is 33.6 Å². The number of amides is 2. The summed E-state index contributed by atoms with van der Waals surface area (Å²) in [5.74, 6) is 0.736. The van der Waals surface area contributed by atoms with E-state index in [2.05, 4.69) is 24.1 Å². The summed E-state index contributed by atoms with van der Waals surface area (Å²) in [7, 11) is 0. The molecule has 1 fully saturated rings. The first-order valence-corrected chi connectivity index (χ1v) is 7.91. The van der Waals surface area contributed by atoms with Crippen LogP contribution in [-0.2, 0) is 4.74 Å². The van der Waals surface area contributed by atoms with E-state index in [4.69, 9.17) is 4.74 Å². The molecule has 1 aliphatic heterocycles. The van der Waals surface area contributed by atoms with Crippen molar-refractivity contribution in [2.24, 2.45) is 11.8 Å². The molecule has 22 heavy (non-hydrogen) atoms. The van der Waals surface area contributed by atoms with E-state index in [1.165, 1.54) is 0 Å². The number of anilines is 1. The lowest BCUT2D eigenvalue weighted by molar-refractivity contribution is 0.0520. The number of H-pyrrole nitrogens is 1. The molecule has 0 bridgehead atoms. The second-order valence-electron chi connectivity index (χ2n) is 6.13. The fourth-order valence-electron chi connectivity index (χ4n) is 2.90. The fourth-order valence-corrected chi connectivity index (χ4v) is 2.90. The quantitative estimate of drug-likeness (QED) is 0.843. The summed E-state index contributed by atoms with van der Waals surface area (Å²) in [6, 6.07) is 1.48. The Morgan fingerprint density at radius 2 is 2.18 bits per heavy atom. The maximum Gasteiger partial charge on any atom is 0.354 e. The third-order valence-corrected chi connectivity index (χ3v) is 3.95. The number of nitrogens with zero attached hydrogens (tertiary/aromatic N) is 1. The van der Waals surface area contributed by atoms with E-state index in [9.17, 15) is 9.59 Å². The van der Waals surface area contributed by atoms with Crippen LogP contribution in [0.25, 0.3) is 0 Å². The molecule has 2 atom stereocenters. The Labute approximate surface area is 131 Å². The molecular weight excluding hydrogens is 282 g/mol. The Morgan fingerprint density at radius 3 is 2.91 bits per heavy atom. The minimum absolute atomic E-state index is 0.115. The highest BCUT2D eigenvalue weighted by Gasteiger charge is 2.23. The van der Waals surface area contributed by atoms with Crippen molar-refractivity contribution >= 4 is 17.7 Å². The first kappa shape index (κ1) is 16.4. The Kier molecular flexibility index (Phi) is 5.46. The van der Waals surface area contributed by atoms with Gasteiger partial charge in [-0.1, -0.05) is 13.8 Å². The van der Waals surface area contributed by atoms with Gasteiger partial charge in [0.15, 0.2) is 0 Å². The van der Waals surface area contributed by atoms with Crippen LogP contribution in [0.2, 0.25) is 0 Å². The van der Waals surface area contributed by atoms with Crippen LogP contribution >= 0.6 is 0 Å². The molecule has 6 nitrogen and oxygen atoms in total. The standard InChI is InChI=1S/C16H25N3O3/c1-4-22-15(20)14-8-13(9-17-14)18-16(21)19-6-5-11(2)7-12(3)10-19/h8-9,11-12,17H,4-7,10H2,1-3H3,(H,18,21)/t11-,12+/m0/s1. The average Bonchev–Trinajstić information content (AvgIpc) is 2.84. The number of hydrogen-bond donors (Lipinski definition) is 2. The molecule has 1 aliphatic rings. The van der Waals surface area contributed by atoms with Gasteiger partial charge in [-0.15, -0.1) is 0 Å². The van der Waals surface area contributed by atoms with Crippen LogP contribution in [0.15, 0.2) is 12.3 Å². The van der Waals surface area contributed by atoms with Gasteiger partial charge < -0.3 is 19.9 Å². The number of rotatable bonds is 3. The van der Waals surface area contributed by atoms with Crippen LogP contribution in [0.4, 0.5) is 10.5 Å². The maximum absolute atomic E-state index is 12.4. The van der Waals surface area contributed by atoms with Gasteiger partial charge in [0.25, 0.3) is 0 Å². The maximum atomic E-state index is 12.4. The second-order valence-corrected chi connectivity index (χ2v) is 6.13. The van der Waals surface area contributed by atoms with Gasteiger partial charge in [-0.2, -0.15) is 0 Å². The predicted molar refractivity (Wildman–Crippen MR) is 84.9 cm³/mol. The summed E-state index contributed by atoms with van der Waals surface area (Å²) in [4.78, 5) is 28.6. The van der Waals surface area contributed by atoms with E-state index >= 15 is 0 Å². The molecule has 2 N–H and O–H groups in total. The normalized spacial score (nSPS) is 22.0. The molecule has 1 aromatic heterocycles. The molecule has 0 aromatic carbocycles. The molecule has 0 unspecified atom stereocenters. The molecule has 2 rings (SSSR count). The third kappa shape index (κ3) is 4.26. The second kappa shape index (κ2) is 7.33. The van der Waals surface area contributed by atoms with Gasteiger partial charge in [-0.05, 0) is 37.7 Å². The monoisotopic (exact) mass is 307 g/mol. The van der Waals surface area contributed by atoms with Gasteiger partial charge in [0.2, 0.25) is 0 Å². The highest BCUT2D eigenvalue weighted by molar-refractivity contribution is 5.93. The lowest BCUT2D eigenvalue weighted by atomic mass is 9.97. The van der Waals surface area contributed by atoms with E-state index in [0.29, 0.717) is 29.8 Å². The minimum Gasteiger partial charge on any atom is -0.461 e. The summed E-state index contributed by atoms with van der Waals surface area (Å²) in [6.45, 7) is 8.03. The fraction of sp³-hybridized carbons (Fsp3) is 0.625. The smallest absolute Gasteiger partial charge is 0.354 e. The van der Waals surface area contributed by atoms with E-state index in [0.717, 1.165) is 25.9 Å². The van der Waals surface area contributed by atoms with Crippen molar-refractivity contribution < 1.29 is 14.3 Å². The number of carbonyl (C=O) groups excluding carboxylic acids is 2. The van der Waals surface area contributed by atoms with Crippen molar-refractivity contribution in [1.82, 2.24) is 9.88 Å². The lowest BCUT2D eigenvalue weighted by Crippen LogP contribution is -2.37. The zero-order valence-corrected chi connectivity index (χ0v) is 13.5. The van der Waals surface area contributed by atoms with Crippen molar-refractivity contribution in [3.8, 4) is 0 Å². The van der Waals surface area contributed by atoms with E-state index in [1.807, 2.05) is 4.90 Å². The van der Waals surface area contributed by atoms with E-state index < -0.39 is 5.97 Å². The van der Waals surface area contributed by atoms with Gasteiger partial charge in [0, 0.05) is 19.3 Å².